The first-order valence-electron chi connectivity index (χ1n) is 8.52. The highest BCUT2D eigenvalue weighted by Crippen LogP contribution is 2.35. The number of nitrogens with one attached hydrogen (secondary N) is 1. The van der Waals surface area contributed by atoms with Crippen molar-refractivity contribution in [2.24, 2.45) is 4.99 Å². The summed E-state index contributed by atoms with van der Waals surface area (Å²) in [5.74, 6) is 0.701. The van der Waals surface area contributed by atoms with Crippen molar-refractivity contribution in [3.8, 4) is 17.6 Å². The molecule has 1 N–H and O–H groups in total. The van der Waals surface area contributed by atoms with Gasteiger partial charge < -0.3 is 14.8 Å². The highest BCUT2D eigenvalue weighted by molar-refractivity contribution is 8.18. The lowest BCUT2D eigenvalue weighted by Gasteiger charge is -2.10. The summed E-state index contributed by atoms with van der Waals surface area (Å²) in [7, 11) is 0. The largest absolute Gasteiger partial charge is 0.490 e. The molecule has 1 saturated heterocycles. The van der Waals surface area contributed by atoms with Crippen LogP contribution in [0.4, 0.5) is 5.69 Å². The summed E-state index contributed by atoms with van der Waals surface area (Å²) >= 11 is 13.3. The van der Waals surface area contributed by atoms with Gasteiger partial charge in [0.1, 0.15) is 6.07 Å². The van der Waals surface area contributed by atoms with Crippen molar-refractivity contribution in [2.45, 2.75) is 6.92 Å². The zero-order chi connectivity index (χ0) is 20.8. The molecular formula is C20H15Cl2N3O3S. The van der Waals surface area contributed by atoms with Crippen LogP contribution in [0.2, 0.25) is 10.0 Å². The van der Waals surface area contributed by atoms with E-state index in [0.717, 1.165) is 5.56 Å². The van der Waals surface area contributed by atoms with Gasteiger partial charge in [-0.3, -0.25) is 4.79 Å². The van der Waals surface area contributed by atoms with E-state index >= 15 is 0 Å². The molecule has 3 rings (SSSR count). The highest BCUT2D eigenvalue weighted by atomic mass is 35.5. The lowest BCUT2D eigenvalue weighted by atomic mass is 10.2. The maximum atomic E-state index is 12.3. The Morgan fingerprint density at radius 3 is 2.83 bits per heavy atom. The number of carbonyl (C=O) groups is 1. The van der Waals surface area contributed by atoms with Gasteiger partial charge in [0.05, 0.1) is 27.2 Å². The number of rotatable bonds is 6. The van der Waals surface area contributed by atoms with E-state index in [1.807, 2.05) is 13.0 Å². The summed E-state index contributed by atoms with van der Waals surface area (Å²) < 4.78 is 10.9. The van der Waals surface area contributed by atoms with Crippen molar-refractivity contribution in [3.63, 3.8) is 0 Å². The van der Waals surface area contributed by atoms with Crippen molar-refractivity contribution < 1.29 is 14.3 Å². The van der Waals surface area contributed by atoms with E-state index in [0.29, 0.717) is 43.9 Å². The Morgan fingerprint density at radius 2 is 2.07 bits per heavy atom. The number of aliphatic imine (C=N–C) groups is 1. The van der Waals surface area contributed by atoms with Crippen molar-refractivity contribution in [2.75, 3.05) is 13.2 Å². The molecular weight excluding hydrogens is 433 g/mol. The molecule has 0 bridgehead atoms. The molecule has 9 heteroatoms. The average Bonchev–Trinajstić information content (AvgIpc) is 3.04. The number of hydrogen-bond acceptors (Lipinski definition) is 6. The average molecular weight is 448 g/mol. The summed E-state index contributed by atoms with van der Waals surface area (Å²) in [6.45, 7) is 2.21. The molecule has 1 aliphatic heterocycles. The third-order valence-electron chi connectivity index (χ3n) is 3.66. The molecule has 0 radical (unpaired) electrons. The van der Waals surface area contributed by atoms with Gasteiger partial charge in [-0.05, 0) is 54.6 Å². The van der Waals surface area contributed by atoms with Gasteiger partial charge in [-0.1, -0.05) is 35.3 Å². The first kappa shape index (κ1) is 21.1. The smallest absolute Gasteiger partial charge is 0.264 e. The minimum Gasteiger partial charge on any atom is -0.490 e. The number of ether oxygens (including phenoxy) is 2. The minimum atomic E-state index is -0.269. The maximum absolute atomic E-state index is 12.3. The lowest BCUT2D eigenvalue weighted by Crippen LogP contribution is -2.19. The first-order valence-corrected chi connectivity index (χ1v) is 10.1. The fourth-order valence-corrected chi connectivity index (χ4v) is 3.60. The number of thioether (sulfide) groups is 1. The second kappa shape index (κ2) is 9.70. The molecule has 1 amide bonds. The molecule has 6 nitrogen and oxygen atoms in total. The molecule has 0 unspecified atom stereocenters. The highest BCUT2D eigenvalue weighted by Gasteiger charge is 2.24. The normalized spacial score (nSPS) is 16.0. The fourth-order valence-electron chi connectivity index (χ4n) is 2.43. The van der Waals surface area contributed by atoms with E-state index in [-0.39, 0.29) is 12.5 Å². The maximum Gasteiger partial charge on any atom is 0.264 e. The number of nitrogens with zero attached hydrogens (tertiary/aromatic N) is 2. The number of hydrogen-bond donors (Lipinski definition) is 1. The molecule has 29 heavy (non-hydrogen) atoms. The van der Waals surface area contributed by atoms with Gasteiger partial charge in [-0.2, -0.15) is 5.26 Å². The van der Waals surface area contributed by atoms with Crippen molar-refractivity contribution in [1.29, 1.82) is 5.26 Å². The van der Waals surface area contributed by atoms with Crippen LogP contribution in [0.3, 0.4) is 0 Å². The van der Waals surface area contributed by atoms with Crippen molar-refractivity contribution >= 4 is 57.8 Å². The molecule has 0 aromatic heterocycles. The summed E-state index contributed by atoms with van der Waals surface area (Å²) in [4.78, 5) is 17.2. The Morgan fingerprint density at radius 1 is 1.24 bits per heavy atom. The molecule has 0 spiro atoms. The van der Waals surface area contributed by atoms with Crippen LogP contribution in [0.15, 0.2) is 46.3 Å². The Balaban J connectivity index is 1.84. The molecule has 1 fully saturated rings. The zero-order valence-corrected chi connectivity index (χ0v) is 17.6. The Hall–Kier alpha value is -2.66. The fraction of sp³-hybridized carbons (Fsp3) is 0.150. The SMILES string of the molecule is CCOc1cc(/C=C2\SC(=Nc3cccc(Cl)c3Cl)NC2=O)ccc1OCC#N. The number of amidine groups is 1. The molecule has 148 valence electrons. The Bertz CT molecular complexity index is 1050. The van der Waals surface area contributed by atoms with Crippen LogP contribution in [0.1, 0.15) is 12.5 Å². The number of benzene rings is 2. The molecule has 0 atom stereocenters. The van der Waals surface area contributed by atoms with Gasteiger partial charge in [0.25, 0.3) is 5.91 Å². The summed E-state index contributed by atoms with van der Waals surface area (Å²) in [5, 5.41) is 12.5. The third-order valence-corrected chi connectivity index (χ3v) is 5.38. The van der Waals surface area contributed by atoms with Crippen LogP contribution in [-0.2, 0) is 4.79 Å². The third kappa shape index (κ3) is 5.24. The molecule has 0 saturated carbocycles. The number of halogens is 2. The predicted octanol–water partition coefficient (Wildman–Crippen LogP) is 5.19. The van der Waals surface area contributed by atoms with Crippen molar-refractivity contribution in [3.05, 3.63) is 56.9 Å². The standard InChI is InChI=1S/C20H15Cl2N3O3S/c1-2-27-16-10-12(6-7-15(16)28-9-8-23)11-17-19(26)25-20(29-17)24-14-5-3-4-13(21)18(14)22/h3-7,10-11H,2,9H2,1H3,(H,24,25,26)/b17-11-. The van der Waals surface area contributed by atoms with Crippen molar-refractivity contribution in [1.82, 2.24) is 5.32 Å². The quantitative estimate of drug-likeness (QED) is 0.616. The Kier molecular flexibility index (Phi) is 7.04. The monoisotopic (exact) mass is 447 g/mol. The van der Waals surface area contributed by atoms with E-state index < -0.39 is 0 Å². The van der Waals surface area contributed by atoms with Gasteiger partial charge in [0, 0.05) is 0 Å². The van der Waals surface area contributed by atoms with E-state index in [4.69, 9.17) is 37.9 Å². The van der Waals surface area contributed by atoms with E-state index in [1.165, 1.54) is 11.8 Å². The lowest BCUT2D eigenvalue weighted by molar-refractivity contribution is -0.115. The van der Waals surface area contributed by atoms with Gasteiger partial charge >= 0.3 is 0 Å². The van der Waals surface area contributed by atoms with Crippen LogP contribution < -0.4 is 14.8 Å². The van der Waals surface area contributed by atoms with Crippen LogP contribution in [0.5, 0.6) is 11.5 Å². The first-order chi connectivity index (χ1) is 14.0. The van der Waals surface area contributed by atoms with E-state index in [1.54, 1.807) is 42.5 Å². The molecule has 0 aliphatic carbocycles. The number of amides is 1. The number of carbonyl (C=O) groups excluding carboxylic acids is 1. The van der Waals surface area contributed by atoms with Crippen LogP contribution in [-0.4, -0.2) is 24.3 Å². The summed E-state index contributed by atoms with van der Waals surface area (Å²) in [5.41, 5.74) is 1.22. The second-order valence-electron chi connectivity index (χ2n) is 5.64. The number of nitriles is 1. The summed E-state index contributed by atoms with van der Waals surface area (Å²) in [6.07, 6.45) is 1.72. The Labute approximate surface area is 182 Å². The van der Waals surface area contributed by atoms with Crippen LogP contribution in [0, 0.1) is 11.3 Å². The molecule has 1 aliphatic rings. The zero-order valence-electron chi connectivity index (χ0n) is 15.2. The molecule has 1 heterocycles. The molecule has 2 aromatic rings. The van der Waals surface area contributed by atoms with E-state index in [9.17, 15) is 4.79 Å². The van der Waals surface area contributed by atoms with E-state index in [2.05, 4.69) is 10.3 Å². The summed E-state index contributed by atoms with van der Waals surface area (Å²) in [6, 6.07) is 12.3. The topological polar surface area (TPSA) is 83.7 Å². The van der Waals surface area contributed by atoms with Gasteiger partial charge in [0.2, 0.25) is 0 Å². The molecule has 2 aromatic carbocycles. The van der Waals surface area contributed by atoms with Crippen LogP contribution in [0.25, 0.3) is 6.08 Å². The van der Waals surface area contributed by atoms with Gasteiger partial charge in [-0.15, -0.1) is 0 Å². The van der Waals surface area contributed by atoms with Gasteiger partial charge in [-0.25, -0.2) is 4.99 Å². The van der Waals surface area contributed by atoms with Crippen LogP contribution >= 0.6 is 35.0 Å². The minimum absolute atomic E-state index is 0.0787. The second-order valence-corrected chi connectivity index (χ2v) is 7.46. The van der Waals surface area contributed by atoms with Gasteiger partial charge in [0.15, 0.2) is 23.3 Å². The predicted molar refractivity (Wildman–Crippen MR) is 116 cm³/mol.